The van der Waals surface area contributed by atoms with Gasteiger partial charge in [-0.2, -0.15) is 0 Å². The molecule has 0 spiro atoms. The van der Waals surface area contributed by atoms with Crippen molar-refractivity contribution in [3.8, 4) is 0 Å². The lowest BCUT2D eigenvalue weighted by atomic mass is 10.1. The molecule has 0 saturated heterocycles. The summed E-state index contributed by atoms with van der Waals surface area (Å²) in [5, 5.41) is 5.49. The van der Waals surface area contributed by atoms with Crippen LogP contribution in [0.5, 0.6) is 0 Å². The smallest absolute Gasteiger partial charge is 0.273 e. The van der Waals surface area contributed by atoms with Crippen LogP contribution in [0.25, 0.3) is 0 Å². The molecule has 0 unspecified atom stereocenters. The monoisotopic (exact) mass is 405 g/mol. The van der Waals surface area contributed by atoms with Gasteiger partial charge in [-0.1, -0.05) is 29.3 Å². The zero-order valence-corrected chi connectivity index (χ0v) is 16.6. The van der Waals surface area contributed by atoms with Crippen LogP contribution in [-0.4, -0.2) is 59.9 Å². The van der Waals surface area contributed by atoms with Gasteiger partial charge in [0.15, 0.2) is 22.5 Å². The molecule has 1 aromatic heterocycles. The molecule has 2 rings (SSSR count). The van der Waals surface area contributed by atoms with Gasteiger partial charge in [-0.3, -0.25) is 9.59 Å². The number of carbonyl (C=O) groups is 2. The van der Waals surface area contributed by atoms with Crippen LogP contribution in [0.3, 0.4) is 0 Å². The van der Waals surface area contributed by atoms with Crippen LogP contribution in [0.4, 0.5) is 11.6 Å². The number of hydrogen-bond donors (Lipinski definition) is 4. The van der Waals surface area contributed by atoms with Gasteiger partial charge in [-0.05, 0) is 26.1 Å². The number of nitrogens with one attached hydrogen (secondary N) is 2. The first kappa shape index (κ1) is 21.4. The lowest BCUT2D eigenvalue weighted by Crippen LogP contribution is -2.38. The fraction of sp³-hybridized carbons (Fsp3) is 0.333. The molecule has 0 bridgehead atoms. The third kappa shape index (κ3) is 6.07. The molecule has 0 aliphatic carbocycles. The molecule has 0 atom stereocenters. The first-order valence-electron chi connectivity index (χ1n) is 8.68. The normalized spacial score (nSPS) is 10.7. The van der Waals surface area contributed by atoms with Crippen molar-refractivity contribution in [1.29, 1.82) is 0 Å². The number of aromatic nitrogens is 2. The van der Waals surface area contributed by atoms with E-state index in [0.717, 1.165) is 5.56 Å². The predicted molar refractivity (Wildman–Crippen MR) is 109 cm³/mol. The van der Waals surface area contributed by atoms with Crippen molar-refractivity contribution < 1.29 is 9.59 Å². The number of aryl methyl sites for hydroxylation is 1. The van der Waals surface area contributed by atoms with Gasteiger partial charge in [0.25, 0.3) is 11.8 Å². The largest absolute Gasteiger partial charge is 0.382 e. The number of carbonyl (C=O) groups excluding carboxylic acids is 2. The summed E-state index contributed by atoms with van der Waals surface area (Å²) in [6, 6.07) is 7.38. The van der Waals surface area contributed by atoms with E-state index in [-0.39, 0.29) is 28.4 Å². The molecule has 2 amide bonds. The summed E-state index contributed by atoms with van der Waals surface area (Å²) >= 11 is 5.77. The maximum Gasteiger partial charge on any atom is 0.273 e. The predicted octanol–water partition coefficient (Wildman–Crippen LogP) is 0.694. The highest BCUT2D eigenvalue weighted by Crippen LogP contribution is 2.17. The quantitative estimate of drug-likeness (QED) is 0.506. The topological polar surface area (TPSA) is 139 Å². The third-order valence-corrected chi connectivity index (χ3v) is 4.27. The molecule has 0 fully saturated rings. The van der Waals surface area contributed by atoms with Crippen LogP contribution in [0.1, 0.15) is 26.4 Å². The number of benzene rings is 1. The van der Waals surface area contributed by atoms with E-state index in [2.05, 4.69) is 20.6 Å². The molecular weight excluding hydrogens is 382 g/mol. The van der Waals surface area contributed by atoms with Crippen molar-refractivity contribution >= 4 is 35.1 Å². The molecule has 0 radical (unpaired) electrons. The van der Waals surface area contributed by atoms with Crippen LogP contribution in [0.15, 0.2) is 24.3 Å². The first-order chi connectivity index (χ1) is 13.3. The van der Waals surface area contributed by atoms with E-state index in [1.165, 1.54) is 0 Å². The van der Waals surface area contributed by atoms with Crippen molar-refractivity contribution in [2.75, 3.05) is 44.7 Å². The number of nitrogen functional groups attached to an aromatic ring is 2. The average Bonchev–Trinajstić information content (AvgIpc) is 2.65. The lowest BCUT2D eigenvalue weighted by molar-refractivity contribution is 0.0945. The van der Waals surface area contributed by atoms with Crippen molar-refractivity contribution in [3.05, 3.63) is 46.2 Å². The second-order valence-electron chi connectivity index (χ2n) is 6.31. The molecule has 150 valence electrons. The summed E-state index contributed by atoms with van der Waals surface area (Å²) in [6.45, 7) is 4.02. The van der Waals surface area contributed by atoms with Gasteiger partial charge in [0, 0.05) is 31.7 Å². The van der Waals surface area contributed by atoms with Gasteiger partial charge in [0.05, 0.1) is 0 Å². The minimum atomic E-state index is -0.479. The molecule has 0 aliphatic heterocycles. The molecule has 10 heteroatoms. The van der Waals surface area contributed by atoms with Gasteiger partial charge in [0.1, 0.15) is 0 Å². The maximum absolute atomic E-state index is 12.1. The highest BCUT2D eigenvalue weighted by Gasteiger charge is 2.15. The van der Waals surface area contributed by atoms with Crippen LogP contribution < -0.4 is 22.1 Å². The van der Waals surface area contributed by atoms with Crippen LogP contribution in [-0.2, 0) is 0 Å². The molecule has 0 saturated carbocycles. The minimum absolute atomic E-state index is 0.0249. The van der Waals surface area contributed by atoms with Gasteiger partial charge in [-0.15, -0.1) is 0 Å². The number of amides is 2. The highest BCUT2D eigenvalue weighted by atomic mass is 35.5. The summed E-state index contributed by atoms with van der Waals surface area (Å²) in [4.78, 5) is 33.8. The Hall–Kier alpha value is -2.91. The van der Waals surface area contributed by atoms with Crippen molar-refractivity contribution in [2.24, 2.45) is 0 Å². The maximum atomic E-state index is 12.1. The van der Waals surface area contributed by atoms with Gasteiger partial charge < -0.3 is 27.0 Å². The molecule has 1 aromatic carbocycles. The number of nitrogens with two attached hydrogens (primary N) is 2. The van der Waals surface area contributed by atoms with E-state index in [9.17, 15) is 9.59 Å². The number of likely N-dealkylation sites (N-methyl/N-ethyl adjacent to an activating group) is 1. The van der Waals surface area contributed by atoms with Gasteiger partial charge in [-0.25, -0.2) is 9.97 Å². The van der Waals surface area contributed by atoms with Crippen LogP contribution in [0.2, 0.25) is 5.15 Å². The Morgan fingerprint density at radius 1 is 1.00 bits per heavy atom. The summed E-state index contributed by atoms with van der Waals surface area (Å²) in [5.74, 6) is -0.696. The summed E-state index contributed by atoms with van der Waals surface area (Å²) in [6.07, 6.45) is 0. The lowest BCUT2D eigenvalue weighted by Gasteiger charge is -2.17. The number of hydrogen-bond acceptors (Lipinski definition) is 7. The molecule has 28 heavy (non-hydrogen) atoms. The molecule has 1 heterocycles. The Bertz CT molecular complexity index is 843. The molecular formula is C18H24ClN7O2. The van der Waals surface area contributed by atoms with E-state index >= 15 is 0 Å². The molecule has 2 aromatic rings. The van der Waals surface area contributed by atoms with E-state index in [0.29, 0.717) is 31.7 Å². The van der Waals surface area contributed by atoms with E-state index in [1.807, 2.05) is 31.0 Å². The van der Waals surface area contributed by atoms with Gasteiger partial charge >= 0.3 is 0 Å². The molecule has 6 N–H and O–H groups in total. The highest BCUT2D eigenvalue weighted by molar-refractivity contribution is 6.31. The standard InChI is InChI=1S/C18H24ClN7O2/c1-11-3-5-12(6-4-11)17(27)22-7-9-26(2)10-8-23-18(28)13-15(20)25-16(21)14(19)24-13/h3-6H,7-10H2,1-2H3,(H,22,27)(H,23,28)(H4,20,21,25). The summed E-state index contributed by atoms with van der Waals surface area (Å²) in [7, 11) is 1.89. The first-order valence-corrected chi connectivity index (χ1v) is 9.06. The second-order valence-corrected chi connectivity index (χ2v) is 6.67. The second kappa shape index (κ2) is 9.86. The third-order valence-electron chi connectivity index (χ3n) is 3.99. The Morgan fingerprint density at radius 3 is 2.18 bits per heavy atom. The fourth-order valence-electron chi connectivity index (χ4n) is 2.33. The zero-order valence-electron chi connectivity index (χ0n) is 15.8. The Kier molecular flexibility index (Phi) is 7.53. The molecule has 9 nitrogen and oxygen atoms in total. The average molecular weight is 406 g/mol. The Morgan fingerprint density at radius 2 is 1.57 bits per heavy atom. The molecule has 0 aliphatic rings. The number of anilines is 2. The summed E-state index contributed by atoms with van der Waals surface area (Å²) < 4.78 is 0. The van der Waals surface area contributed by atoms with Crippen molar-refractivity contribution in [2.45, 2.75) is 6.92 Å². The van der Waals surface area contributed by atoms with Gasteiger partial charge in [0.2, 0.25) is 0 Å². The number of rotatable bonds is 8. The van der Waals surface area contributed by atoms with E-state index in [1.54, 1.807) is 12.1 Å². The van der Waals surface area contributed by atoms with E-state index < -0.39 is 5.91 Å². The number of halogens is 1. The van der Waals surface area contributed by atoms with E-state index in [4.69, 9.17) is 23.1 Å². The Labute approximate surface area is 168 Å². The van der Waals surface area contributed by atoms with Crippen molar-refractivity contribution in [3.63, 3.8) is 0 Å². The minimum Gasteiger partial charge on any atom is -0.382 e. The van der Waals surface area contributed by atoms with Crippen molar-refractivity contribution in [1.82, 2.24) is 25.5 Å². The van der Waals surface area contributed by atoms with Crippen LogP contribution in [0, 0.1) is 6.92 Å². The zero-order chi connectivity index (χ0) is 20.7. The number of nitrogens with zero attached hydrogens (tertiary/aromatic N) is 3. The Balaban J connectivity index is 1.70. The fourth-order valence-corrected chi connectivity index (χ4v) is 2.46. The SMILES string of the molecule is Cc1ccc(C(=O)NCCN(C)CCNC(=O)c2nc(Cl)c(N)nc2N)cc1. The summed E-state index contributed by atoms with van der Waals surface area (Å²) in [5.41, 5.74) is 12.8. The van der Waals surface area contributed by atoms with Crippen LogP contribution >= 0.6 is 11.6 Å².